The first kappa shape index (κ1) is 12.4. The SMILES string of the molecule is CCCC(Br)CCc1nccnc1OC. The van der Waals surface area contributed by atoms with Gasteiger partial charge in [-0.25, -0.2) is 4.98 Å². The lowest BCUT2D eigenvalue weighted by atomic mass is 10.1. The van der Waals surface area contributed by atoms with E-state index in [0.717, 1.165) is 18.5 Å². The van der Waals surface area contributed by atoms with Crippen LogP contribution in [0.15, 0.2) is 12.4 Å². The maximum atomic E-state index is 5.15. The molecule has 0 saturated heterocycles. The summed E-state index contributed by atoms with van der Waals surface area (Å²) in [6.07, 6.45) is 7.74. The summed E-state index contributed by atoms with van der Waals surface area (Å²) in [5.41, 5.74) is 0.945. The largest absolute Gasteiger partial charge is 0.480 e. The molecule has 0 aliphatic heterocycles. The zero-order chi connectivity index (χ0) is 11.1. The minimum Gasteiger partial charge on any atom is -0.480 e. The van der Waals surface area contributed by atoms with E-state index in [1.165, 1.54) is 12.8 Å². The van der Waals surface area contributed by atoms with Gasteiger partial charge in [-0.3, -0.25) is 4.98 Å². The number of rotatable bonds is 6. The Morgan fingerprint density at radius 3 is 2.73 bits per heavy atom. The third-order valence-corrected chi connectivity index (χ3v) is 3.14. The lowest BCUT2D eigenvalue weighted by Crippen LogP contribution is -2.03. The second-order valence-corrected chi connectivity index (χ2v) is 4.73. The van der Waals surface area contributed by atoms with Gasteiger partial charge in [-0.05, 0) is 19.3 Å². The van der Waals surface area contributed by atoms with E-state index in [9.17, 15) is 0 Å². The predicted molar refractivity (Wildman–Crippen MR) is 64.5 cm³/mol. The number of hydrogen-bond donors (Lipinski definition) is 0. The summed E-state index contributed by atoms with van der Waals surface area (Å²) in [6, 6.07) is 0. The van der Waals surface area contributed by atoms with E-state index >= 15 is 0 Å². The third kappa shape index (κ3) is 4.16. The van der Waals surface area contributed by atoms with Gasteiger partial charge in [0, 0.05) is 17.2 Å². The first-order valence-electron chi connectivity index (χ1n) is 5.25. The average molecular weight is 273 g/mol. The van der Waals surface area contributed by atoms with Crippen molar-refractivity contribution in [1.82, 2.24) is 9.97 Å². The molecule has 84 valence electrons. The van der Waals surface area contributed by atoms with Crippen molar-refractivity contribution in [2.45, 2.75) is 37.4 Å². The standard InChI is InChI=1S/C11H17BrN2O/c1-3-4-9(12)5-6-10-11(15-2)14-8-7-13-10/h7-9H,3-6H2,1-2H3. The molecule has 0 radical (unpaired) electrons. The van der Waals surface area contributed by atoms with Crippen molar-refractivity contribution >= 4 is 15.9 Å². The van der Waals surface area contributed by atoms with Gasteiger partial charge in [-0.1, -0.05) is 29.3 Å². The fourth-order valence-electron chi connectivity index (χ4n) is 1.45. The van der Waals surface area contributed by atoms with Crippen LogP contribution in [0, 0.1) is 0 Å². The summed E-state index contributed by atoms with van der Waals surface area (Å²) in [5, 5.41) is 0. The van der Waals surface area contributed by atoms with E-state index in [1.54, 1.807) is 19.5 Å². The molecule has 1 heterocycles. The molecule has 1 atom stereocenters. The molecule has 1 unspecified atom stereocenters. The number of aryl methyl sites for hydroxylation is 1. The summed E-state index contributed by atoms with van der Waals surface area (Å²) in [6.45, 7) is 2.19. The van der Waals surface area contributed by atoms with E-state index in [1.807, 2.05) is 0 Å². The van der Waals surface area contributed by atoms with Crippen LogP contribution in [0.1, 0.15) is 31.9 Å². The Hall–Kier alpha value is -0.640. The molecular weight excluding hydrogens is 256 g/mol. The van der Waals surface area contributed by atoms with Crippen molar-refractivity contribution in [2.75, 3.05) is 7.11 Å². The number of ether oxygens (including phenoxy) is 1. The summed E-state index contributed by atoms with van der Waals surface area (Å²) >= 11 is 3.65. The van der Waals surface area contributed by atoms with Crippen molar-refractivity contribution in [3.63, 3.8) is 0 Å². The van der Waals surface area contributed by atoms with Gasteiger partial charge < -0.3 is 4.74 Å². The van der Waals surface area contributed by atoms with Crippen LogP contribution in [-0.2, 0) is 6.42 Å². The van der Waals surface area contributed by atoms with Gasteiger partial charge in [0.15, 0.2) is 0 Å². The van der Waals surface area contributed by atoms with Crippen LogP contribution in [-0.4, -0.2) is 21.9 Å². The van der Waals surface area contributed by atoms with Crippen LogP contribution in [0.3, 0.4) is 0 Å². The highest BCUT2D eigenvalue weighted by atomic mass is 79.9. The van der Waals surface area contributed by atoms with Crippen molar-refractivity contribution in [3.05, 3.63) is 18.1 Å². The van der Waals surface area contributed by atoms with Gasteiger partial charge in [0.05, 0.1) is 7.11 Å². The van der Waals surface area contributed by atoms with E-state index < -0.39 is 0 Å². The van der Waals surface area contributed by atoms with Crippen molar-refractivity contribution in [2.24, 2.45) is 0 Å². The number of aromatic nitrogens is 2. The van der Waals surface area contributed by atoms with Gasteiger partial charge in [0.25, 0.3) is 0 Å². The Morgan fingerprint density at radius 2 is 2.07 bits per heavy atom. The Balaban J connectivity index is 2.49. The van der Waals surface area contributed by atoms with Crippen LogP contribution in [0.25, 0.3) is 0 Å². The zero-order valence-corrected chi connectivity index (χ0v) is 10.8. The van der Waals surface area contributed by atoms with Crippen molar-refractivity contribution in [3.8, 4) is 5.88 Å². The second-order valence-electron chi connectivity index (χ2n) is 3.44. The molecule has 15 heavy (non-hydrogen) atoms. The fraction of sp³-hybridized carbons (Fsp3) is 0.636. The molecule has 4 heteroatoms. The fourth-order valence-corrected chi connectivity index (χ4v) is 2.13. The molecule has 1 aromatic heterocycles. The lowest BCUT2D eigenvalue weighted by molar-refractivity contribution is 0.388. The molecule has 0 aromatic carbocycles. The molecule has 1 rings (SSSR count). The second kappa shape index (κ2) is 6.77. The Labute approximate surface area is 99.4 Å². The van der Waals surface area contributed by atoms with Crippen LogP contribution in [0.5, 0.6) is 5.88 Å². The first-order chi connectivity index (χ1) is 7.27. The molecule has 0 aliphatic carbocycles. The third-order valence-electron chi connectivity index (χ3n) is 2.23. The van der Waals surface area contributed by atoms with Crippen molar-refractivity contribution in [1.29, 1.82) is 0 Å². The topological polar surface area (TPSA) is 35.0 Å². The Bertz CT molecular complexity index is 294. The molecule has 0 aliphatic rings. The number of methoxy groups -OCH3 is 1. The van der Waals surface area contributed by atoms with Crippen LogP contribution in [0.2, 0.25) is 0 Å². The van der Waals surface area contributed by atoms with Gasteiger partial charge in [0.1, 0.15) is 5.69 Å². The maximum Gasteiger partial charge on any atom is 0.235 e. The molecular formula is C11H17BrN2O. The quantitative estimate of drug-likeness (QED) is 0.747. The monoisotopic (exact) mass is 272 g/mol. The Kier molecular flexibility index (Phi) is 5.61. The minimum atomic E-state index is 0.564. The number of hydrogen-bond acceptors (Lipinski definition) is 3. The van der Waals surface area contributed by atoms with Crippen LogP contribution >= 0.6 is 15.9 Å². The molecule has 0 spiro atoms. The highest BCUT2D eigenvalue weighted by Gasteiger charge is 2.08. The van der Waals surface area contributed by atoms with E-state index in [2.05, 4.69) is 32.8 Å². The van der Waals surface area contributed by atoms with E-state index in [0.29, 0.717) is 10.7 Å². The summed E-state index contributed by atoms with van der Waals surface area (Å²) in [4.78, 5) is 8.96. The van der Waals surface area contributed by atoms with Crippen LogP contribution in [0.4, 0.5) is 0 Å². The van der Waals surface area contributed by atoms with Gasteiger partial charge in [-0.2, -0.15) is 0 Å². The van der Waals surface area contributed by atoms with Crippen molar-refractivity contribution < 1.29 is 4.74 Å². The number of halogens is 1. The lowest BCUT2D eigenvalue weighted by Gasteiger charge is -2.09. The van der Waals surface area contributed by atoms with Gasteiger partial charge in [-0.15, -0.1) is 0 Å². The molecule has 0 fully saturated rings. The molecule has 0 bridgehead atoms. The Morgan fingerprint density at radius 1 is 1.33 bits per heavy atom. The molecule has 3 nitrogen and oxygen atoms in total. The highest BCUT2D eigenvalue weighted by molar-refractivity contribution is 9.09. The minimum absolute atomic E-state index is 0.564. The smallest absolute Gasteiger partial charge is 0.235 e. The summed E-state index contributed by atoms with van der Waals surface area (Å²) < 4.78 is 5.15. The molecule has 0 saturated carbocycles. The number of nitrogens with zero attached hydrogens (tertiary/aromatic N) is 2. The highest BCUT2D eigenvalue weighted by Crippen LogP contribution is 2.18. The normalized spacial score (nSPS) is 12.5. The summed E-state index contributed by atoms with van der Waals surface area (Å²) in [5.74, 6) is 0.647. The predicted octanol–water partition coefficient (Wildman–Crippen LogP) is 2.98. The number of alkyl halides is 1. The van der Waals surface area contributed by atoms with Gasteiger partial charge >= 0.3 is 0 Å². The molecule has 0 amide bonds. The van der Waals surface area contributed by atoms with E-state index in [4.69, 9.17) is 4.74 Å². The van der Waals surface area contributed by atoms with Gasteiger partial charge in [0.2, 0.25) is 5.88 Å². The average Bonchev–Trinajstić information content (AvgIpc) is 2.27. The van der Waals surface area contributed by atoms with E-state index in [-0.39, 0.29) is 0 Å². The maximum absolute atomic E-state index is 5.15. The summed E-state index contributed by atoms with van der Waals surface area (Å²) in [7, 11) is 1.63. The zero-order valence-electron chi connectivity index (χ0n) is 9.24. The molecule has 1 aromatic rings. The van der Waals surface area contributed by atoms with Crippen LogP contribution < -0.4 is 4.74 Å². The molecule has 0 N–H and O–H groups in total. The first-order valence-corrected chi connectivity index (χ1v) is 6.17.